The van der Waals surface area contributed by atoms with Crippen LogP contribution in [0.1, 0.15) is 37.4 Å². The van der Waals surface area contributed by atoms with E-state index in [2.05, 4.69) is 10.3 Å². The Kier molecular flexibility index (Phi) is 7.72. The predicted octanol–water partition coefficient (Wildman–Crippen LogP) is 7.32. The number of carbonyl (C=O) groups is 3. The van der Waals surface area contributed by atoms with E-state index in [1.165, 1.54) is 23.5 Å². The molecule has 0 saturated carbocycles. The number of hydrogen-bond donors (Lipinski definition) is 1. The van der Waals surface area contributed by atoms with Gasteiger partial charge in [-0.3, -0.25) is 24.5 Å². The number of rotatable bonds is 7. The Morgan fingerprint density at radius 3 is 2.40 bits per heavy atom. The van der Waals surface area contributed by atoms with Gasteiger partial charge in [0.1, 0.15) is 11.6 Å². The molecule has 0 bridgehead atoms. The fraction of sp³-hybridized carbons (Fsp3) is 0.0606. The predicted molar refractivity (Wildman–Crippen MR) is 173 cm³/mol. The van der Waals surface area contributed by atoms with Crippen molar-refractivity contribution in [3.05, 3.63) is 122 Å². The maximum absolute atomic E-state index is 12.9. The standard InChI is InChI=1S/C33H21N5O5S2/c1-18-7-9-22(13-19(18)2)35-30(39)21(17-34)14-20-8-12-28(27(15-20)38(42)43)44-33-36-26-11-10-23(16-29(26)45-33)37-31(40)24-5-3-4-6-25(24)32(37)41/h3-16H,1-2H3,(H,35,39)/b21-14+. The molecule has 0 atom stereocenters. The third kappa shape index (κ3) is 5.70. The molecule has 0 saturated heterocycles. The lowest BCUT2D eigenvalue weighted by Gasteiger charge is -2.13. The van der Waals surface area contributed by atoms with Crippen LogP contribution >= 0.6 is 23.1 Å². The van der Waals surface area contributed by atoms with E-state index in [-0.39, 0.29) is 11.3 Å². The van der Waals surface area contributed by atoms with Crippen molar-refractivity contribution in [1.82, 2.24) is 4.98 Å². The van der Waals surface area contributed by atoms with E-state index < -0.39 is 22.6 Å². The van der Waals surface area contributed by atoms with E-state index in [1.807, 2.05) is 26.0 Å². The van der Waals surface area contributed by atoms with Gasteiger partial charge in [0.25, 0.3) is 23.4 Å². The molecule has 0 unspecified atom stereocenters. The largest absolute Gasteiger partial charge is 0.321 e. The Morgan fingerprint density at radius 1 is 1.00 bits per heavy atom. The lowest BCUT2D eigenvalue weighted by atomic mass is 10.1. The van der Waals surface area contributed by atoms with Gasteiger partial charge in [-0.2, -0.15) is 5.26 Å². The molecule has 1 aliphatic rings. The first-order valence-corrected chi connectivity index (χ1v) is 15.1. The summed E-state index contributed by atoms with van der Waals surface area (Å²) in [7, 11) is 0. The number of fused-ring (bicyclic) bond motifs is 2. The number of nitrogens with one attached hydrogen (secondary N) is 1. The highest BCUT2D eigenvalue weighted by atomic mass is 32.2. The number of thiazole rings is 1. The average molecular weight is 632 g/mol. The van der Waals surface area contributed by atoms with Crippen LogP contribution in [0.4, 0.5) is 17.1 Å². The van der Waals surface area contributed by atoms with Gasteiger partial charge in [0.15, 0.2) is 4.34 Å². The average Bonchev–Trinajstić information content (AvgIpc) is 3.54. The number of benzene rings is 4. The number of nitro benzene ring substituents is 1. The first-order chi connectivity index (χ1) is 21.6. The molecule has 1 aromatic heterocycles. The Morgan fingerprint density at radius 2 is 1.73 bits per heavy atom. The number of nitrogens with zero attached hydrogens (tertiary/aromatic N) is 4. The number of carbonyl (C=O) groups excluding carboxylic acids is 3. The molecule has 0 radical (unpaired) electrons. The van der Waals surface area contributed by atoms with Gasteiger partial charge >= 0.3 is 0 Å². The molecule has 2 heterocycles. The second kappa shape index (κ2) is 11.8. The fourth-order valence-corrected chi connectivity index (χ4v) is 6.92. The molecule has 5 aromatic rings. The zero-order valence-electron chi connectivity index (χ0n) is 23.7. The van der Waals surface area contributed by atoms with E-state index in [4.69, 9.17) is 0 Å². The topological polar surface area (TPSA) is 146 Å². The van der Waals surface area contributed by atoms with Crippen molar-refractivity contribution in [2.24, 2.45) is 0 Å². The lowest BCUT2D eigenvalue weighted by molar-refractivity contribution is -0.387. The molecule has 45 heavy (non-hydrogen) atoms. The number of nitriles is 1. The second-order valence-electron chi connectivity index (χ2n) is 10.1. The number of imide groups is 1. The van der Waals surface area contributed by atoms with Crippen LogP contribution in [0.25, 0.3) is 16.3 Å². The number of aromatic nitrogens is 1. The summed E-state index contributed by atoms with van der Waals surface area (Å²) in [6.45, 7) is 3.86. The minimum Gasteiger partial charge on any atom is -0.321 e. The first kappa shape index (κ1) is 29.4. The van der Waals surface area contributed by atoms with Gasteiger partial charge < -0.3 is 5.32 Å². The Hall–Kier alpha value is -5.64. The van der Waals surface area contributed by atoms with Crippen LogP contribution in [-0.2, 0) is 4.79 Å². The van der Waals surface area contributed by atoms with E-state index in [1.54, 1.807) is 66.7 Å². The summed E-state index contributed by atoms with van der Waals surface area (Å²) < 4.78 is 1.21. The molecule has 3 amide bonds. The number of anilines is 2. The van der Waals surface area contributed by atoms with Crippen LogP contribution < -0.4 is 10.2 Å². The minimum absolute atomic E-state index is 0.206. The van der Waals surface area contributed by atoms with Crippen LogP contribution in [-0.4, -0.2) is 27.6 Å². The van der Waals surface area contributed by atoms with Gasteiger partial charge in [-0.25, -0.2) is 9.88 Å². The summed E-state index contributed by atoms with van der Waals surface area (Å²) in [6.07, 6.45) is 1.30. The van der Waals surface area contributed by atoms with Gasteiger partial charge in [0.2, 0.25) is 0 Å². The number of hydrogen-bond acceptors (Lipinski definition) is 9. The molecule has 0 aliphatic carbocycles. The zero-order valence-corrected chi connectivity index (χ0v) is 25.4. The van der Waals surface area contributed by atoms with Crippen LogP contribution in [0.15, 0.2) is 93.7 Å². The molecule has 220 valence electrons. The van der Waals surface area contributed by atoms with E-state index >= 15 is 0 Å². The molecular formula is C33H21N5O5S2. The van der Waals surface area contributed by atoms with Crippen molar-refractivity contribution in [3.8, 4) is 6.07 Å². The van der Waals surface area contributed by atoms with Crippen molar-refractivity contribution < 1.29 is 19.3 Å². The van der Waals surface area contributed by atoms with Gasteiger partial charge in [0, 0.05) is 11.8 Å². The zero-order chi connectivity index (χ0) is 31.8. The van der Waals surface area contributed by atoms with Crippen molar-refractivity contribution in [1.29, 1.82) is 5.26 Å². The number of amides is 3. The van der Waals surface area contributed by atoms with Gasteiger partial charge in [-0.05, 0) is 85.1 Å². The lowest BCUT2D eigenvalue weighted by Crippen LogP contribution is -2.29. The SMILES string of the molecule is Cc1ccc(NC(=O)/C(C#N)=C/c2ccc(Sc3nc4ccc(N5C(=O)c6ccccc6C5=O)cc4s3)c([N+](=O)[O-])c2)cc1C. The quantitative estimate of drug-likeness (QED) is 0.0646. The molecule has 1 N–H and O–H groups in total. The summed E-state index contributed by atoms with van der Waals surface area (Å²) in [4.78, 5) is 56.1. The van der Waals surface area contributed by atoms with Crippen molar-refractivity contribution in [2.45, 2.75) is 23.1 Å². The molecule has 1 aliphatic heterocycles. The highest BCUT2D eigenvalue weighted by molar-refractivity contribution is 8.01. The Labute approximate surface area is 264 Å². The van der Waals surface area contributed by atoms with E-state index in [0.717, 1.165) is 27.8 Å². The fourth-order valence-electron chi connectivity index (χ4n) is 4.78. The van der Waals surface area contributed by atoms with Crippen molar-refractivity contribution in [2.75, 3.05) is 10.2 Å². The maximum Gasteiger partial charge on any atom is 0.283 e. The summed E-state index contributed by atoms with van der Waals surface area (Å²) in [6, 6.07) is 23.4. The molecule has 10 nitrogen and oxygen atoms in total. The van der Waals surface area contributed by atoms with E-state index in [0.29, 0.717) is 47.5 Å². The Bertz CT molecular complexity index is 2130. The van der Waals surface area contributed by atoms with Crippen LogP contribution in [0.5, 0.6) is 0 Å². The van der Waals surface area contributed by atoms with Crippen LogP contribution in [0, 0.1) is 35.3 Å². The molecule has 4 aromatic carbocycles. The van der Waals surface area contributed by atoms with Gasteiger partial charge in [-0.1, -0.05) is 36.0 Å². The molecule has 0 spiro atoms. The summed E-state index contributed by atoms with van der Waals surface area (Å²) in [5.74, 6) is -1.43. The van der Waals surface area contributed by atoms with Gasteiger partial charge in [0.05, 0.1) is 36.8 Å². The smallest absolute Gasteiger partial charge is 0.283 e. The normalized spacial score (nSPS) is 12.7. The first-order valence-electron chi connectivity index (χ1n) is 13.5. The third-order valence-electron chi connectivity index (χ3n) is 7.22. The van der Waals surface area contributed by atoms with Gasteiger partial charge in [-0.15, -0.1) is 11.3 Å². The van der Waals surface area contributed by atoms with Crippen LogP contribution in [0.3, 0.4) is 0 Å². The second-order valence-corrected chi connectivity index (χ2v) is 12.5. The summed E-state index contributed by atoms with van der Waals surface area (Å²) in [5.41, 5.74) is 4.18. The summed E-state index contributed by atoms with van der Waals surface area (Å²) >= 11 is 2.36. The molecule has 12 heteroatoms. The van der Waals surface area contributed by atoms with Crippen molar-refractivity contribution in [3.63, 3.8) is 0 Å². The summed E-state index contributed by atoms with van der Waals surface area (Å²) in [5, 5.41) is 24.3. The minimum atomic E-state index is -0.628. The number of nitro groups is 1. The monoisotopic (exact) mass is 631 g/mol. The highest BCUT2D eigenvalue weighted by Gasteiger charge is 2.36. The highest BCUT2D eigenvalue weighted by Crippen LogP contribution is 2.40. The third-order valence-corrected chi connectivity index (χ3v) is 9.37. The maximum atomic E-state index is 12.9. The number of aryl methyl sites for hydroxylation is 2. The van der Waals surface area contributed by atoms with Crippen molar-refractivity contribution >= 4 is 74.2 Å². The molecule has 0 fully saturated rings. The molecule has 6 rings (SSSR count). The van der Waals surface area contributed by atoms with Crippen LogP contribution in [0.2, 0.25) is 0 Å². The van der Waals surface area contributed by atoms with E-state index in [9.17, 15) is 29.8 Å². The molecular weight excluding hydrogens is 611 g/mol. The Balaban J connectivity index is 1.24.